The highest BCUT2D eigenvalue weighted by atomic mass is 15.2. The third-order valence-electron chi connectivity index (χ3n) is 4.33. The second-order valence-electron chi connectivity index (χ2n) is 5.66. The lowest BCUT2D eigenvalue weighted by Crippen LogP contribution is -2.23. The summed E-state index contributed by atoms with van der Waals surface area (Å²) in [5.74, 6) is 1.09. The van der Waals surface area contributed by atoms with Crippen molar-refractivity contribution >= 4 is 11.5 Å². The second kappa shape index (κ2) is 6.27. The van der Waals surface area contributed by atoms with Gasteiger partial charge < -0.3 is 10.2 Å². The van der Waals surface area contributed by atoms with Gasteiger partial charge in [-0.1, -0.05) is 24.3 Å². The fourth-order valence-electron chi connectivity index (χ4n) is 3.04. The summed E-state index contributed by atoms with van der Waals surface area (Å²) in [6.45, 7) is 3.22. The first-order chi connectivity index (χ1) is 10.3. The van der Waals surface area contributed by atoms with E-state index in [0.717, 1.165) is 18.8 Å². The number of rotatable bonds is 3. The summed E-state index contributed by atoms with van der Waals surface area (Å²) in [5.41, 5.74) is 4.01. The zero-order valence-corrected chi connectivity index (χ0v) is 12.8. The number of aromatic nitrogens is 1. The smallest absolute Gasteiger partial charge is 0.137 e. The van der Waals surface area contributed by atoms with Gasteiger partial charge in [-0.2, -0.15) is 0 Å². The highest BCUT2D eigenvalue weighted by Gasteiger charge is 2.21. The molecule has 3 nitrogen and oxygen atoms in total. The van der Waals surface area contributed by atoms with E-state index >= 15 is 0 Å². The normalized spacial score (nSPS) is 16.2. The maximum atomic E-state index is 4.70. The lowest BCUT2D eigenvalue weighted by atomic mass is 10.1. The van der Waals surface area contributed by atoms with Crippen molar-refractivity contribution in [1.29, 1.82) is 0 Å². The number of nitrogens with one attached hydrogen (secondary N) is 1. The van der Waals surface area contributed by atoms with E-state index in [2.05, 4.69) is 47.5 Å². The largest absolute Gasteiger partial charge is 0.326 e. The molecule has 0 radical (unpaired) electrons. The summed E-state index contributed by atoms with van der Waals surface area (Å²) in [5, 5.41) is 3.33. The molecule has 1 aromatic heterocycles. The number of nitrogens with zero attached hydrogens (tertiary/aromatic N) is 2. The first-order valence-corrected chi connectivity index (χ1v) is 7.79. The van der Waals surface area contributed by atoms with Crippen molar-refractivity contribution in [2.75, 3.05) is 18.5 Å². The average Bonchev–Trinajstić information content (AvgIpc) is 2.76. The molecule has 1 unspecified atom stereocenters. The molecule has 0 fully saturated rings. The minimum Gasteiger partial charge on any atom is -0.326 e. The van der Waals surface area contributed by atoms with Gasteiger partial charge in [0, 0.05) is 30.0 Å². The molecule has 0 saturated heterocycles. The Hall–Kier alpha value is -1.87. The number of aryl methyl sites for hydroxylation is 1. The standard InChI is InChI=1S/C18H23N3/c1-14(19-2)16-10-7-12-20-18(16)21-13-6-5-9-15-8-3-4-11-17(15)21/h3-4,7-8,10-12,14,19H,5-6,9,13H2,1-2H3. The van der Waals surface area contributed by atoms with Crippen LogP contribution < -0.4 is 10.2 Å². The summed E-state index contributed by atoms with van der Waals surface area (Å²) < 4.78 is 0. The van der Waals surface area contributed by atoms with E-state index in [1.807, 2.05) is 19.3 Å². The van der Waals surface area contributed by atoms with Crippen LogP contribution in [0.1, 0.15) is 36.9 Å². The van der Waals surface area contributed by atoms with Gasteiger partial charge in [0.15, 0.2) is 0 Å². The number of hydrogen-bond donors (Lipinski definition) is 1. The monoisotopic (exact) mass is 281 g/mol. The molecular weight excluding hydrogens is 258 g/mol. The van der Waals surface area contributed by atoms with E-state index in [9.17, 15) is 0 Å². The molecule has 1 aliphatic rings. The number of para-hydroxylation sites is 1. The molecule has 0 saturated carbocycles. The summed E-state index contributed by atoms with van der Waals surface area (Å²) in [6.07, 6.45) is 5.51. The van der Waals surface area contributed by atoms with E-state index in [0.29, 0.717) is 6.04 Å². The van der Waals surface area contributed by atoms with Crippen LogP contribution in [0.5, 0.6) is 0 Å². The topological polar surface area (TPSA) is 28.2 Å². The molecular formula is C18H23N3. The van der Waals surface area contributed by atoms with E-state index in [1.54, 1.807) is 0 Å². The first kappa shape index (κ1) is 14.1. The van der Waals surface area contributed by atoms with Crippen LogP contribution in [0, 0.1) is 0 Å². The molecule has 1 aliphatic heterocycles. The highest BCUT2D eigenvalue weighted by Crippen LogP contribution is 2.34. The van der Waals surface area contributed by atoms with Crippen LogP contribution in [-0.4, -0.2) is 18.6 Å². The number of pyridine rings is 1. The first-order valence-electron chi connectivity index (χ1n) is 7.79. The molecule has 0 bridgehead atoms. The third kappa shape index (κ3) is 2.79. The van der Waals surface area contributed by atoms with Gasteiger partial charge in [0.1, 0.15) is 5.82 Å². The zero-order valence-electron chi connectivity index (χ0n) is 12.8. The van der Waals surface area contributed by atoms with Crippen LogP contribution in [-0.2, 0) is 6.42 Å². The number of fused-ring (bicyclic) bond motifs is 1. The zero-order chi connectivity index (χ0) is 14.7. The van der Waals surface area contributed by atoms with Gasteiger partial charge in [0.05, 0.1) is 0 Å². The quantitative estimate of drug-likeness (QED) is 0.926. The molecule has 1 aromatic carbocycles. The fourth-order valence-corrected chi connectivity index (χ4v) is 3.04. The average molecular weight is 281 g/mol. The maximum Gasteiger partial charge on any atom is 0.137 e. The molecule has 3 rings (SSSR count). The predicted octanol–water partition coefficient (Wildman–Crippen LogP) is 3.84. The Morgan fingerprint density at radius 2 is 2.00 bits per heavy atom. The molecule has 0 amide bonds. The van der Waals surface area contributed by atoms with Crippen molar-refractivity contribution < 1.29 is 0 Å². The van der Waals surface area contributed by atoms with E-state index in [1.165, 1.54) is 29.7 Å². The Morgan fingerprint density at radius 1 is 1.14 bits per heavy atom. The van der Waals surface area contributed by atoms with Crippen molar-refractivity contribution in [2.45, 2.75) is 32.2 Å². The molecule has 2 heterocycles. The Kier molecular flexibility index (Phi) is 4.20. The van der Waals surface area contributed by atoms with Gasteiger partial charge in [-0.25, -0.2) is 4.98 Å². The van der Waals surface area contributed by atoms with E-state index in [-0.39, 0.29) is 0 Å². The van der Waals surface area contributed by atoms with Crippen molar-refractivity contribution in [3.8, 4) is 0 Å². The van der Waals surface area contributed by atoms with Gasteiger partial charge in [-0.3, -0.25) is 0 Å². The van der Waals surface area contributed by atoms with E-state index < -0.39 is 0 Å². The molecule has 21 heavy (non-hydrogen) atoms. The van der Waals surface area contributed by atoms with Gasteiger partial charge in [0.2, 0.25) is 0 Å². The summed E-state index contributed by atoms with van der Waals surface area (Å²) >= 11 is 0. The molecule has 3 heteroatoms. The minimum atomic E-state index is 0.295. The minimum absolute atomic E-state index is 0.295. The lowest BCUT2D eigenvalue weighted by molar-refractivity contribution is 0.646. The van der Waals surface area contributed by atoms with Crippen LogP contribution in [0.4, 0.5) is 11.5 Å². The van der Waals surface area contributed by atoms with Crippen molar-refractivity contribution in [3.63, 3.8) is 0 Å². The number of anilines is 2. The molecule has 2 aromatic rings. The summed E-state index contributed by atoms with van der Waals surface area (Å²) in [6, 6.07) is 13.2. The molecule has 0 aliphatic carbocycles. The van der Waals surface area contributed by atoms with Crippen LogP contribution in [0.15, 0.2) is 42.6 Å². The Bertz CT molecular complexity index is 609. The van der Waals surface area contributed by atoms with Crippen LogP contribution >= 0.6 is 0 Å². The summed E-state index contributed by atoms with van der Waals surface area (Å²) in [7, 11) is 2.00. The van der Waals surface area contributed by atoms with Crippen LogP contribution in [0.25, 0.3) is 0 Å². The molecule has 1 atom stereocenters. The molecule has 1 N–H and O–H groups in total. The van der Waals surface area contributed by atoms with Gasteiger partial charge in [0.25, 0.3) is 0 Å². The van der Waals surface area contributed by atoms with Crippen molar-refractivity contribution in [1.82, 2.24) is 10.3 Å². The molecule has 110 valence electrons. The SMILES string of the molecule is CNC(C)c1cccnc1N1CCCCc2ccccc21. The van der Waals surface area contributed by atoms with Gasteiger partial charge in [-0.15, -0.1) is 0 Å². The fraction of sp³-hybridized carbons (Fsp3) is 0.389. The maximum absolute atomic E-state index is 4.70. The highest BCUT2D eigenvalue weighted by molar-refractivity contribution is 5.67. The van der Waals surface area contributed by atoms with Crippen LogP contribution in [0.2, 0.25) is 0 Å². The van der Waals surface area contributed by atoms with Crippen molar-refractivity contribution in [2.24, 2.45) is 0 Å². The van der Waals surface area contributed by atoms with Gasteiger partial charge in [-0.05, 0) is 50.9 Å². The third-order valence-corrected chi connectivity index (χ3v) is 4.33. The second-order valence-corrected chi connectivity index (χ2v) is 5.66. The van der Waals surface area contributed by atoms with Crippen LogP contribution in [0.3, 0.4) is 0 Å². The Labute approximate surface area is 127 Å². The Balaban J connectivity index is 2.08. The Morgan fingerprint density at radius 3 is 2.86 bits per heavy atom. The number of hydrogen-bond acceptors (Lipinski definition) is 3. The van der Waals surface area contributed by atoms with Gasteiger partial charge >= 0.3 is 0 Å². The van der Waals surface area contributed by atoms with Crippen molar-refractivity contribution in [3.05, 3.63) is 53.7 Å². The lowest BCUT2D eigenvalue weighted by Gasteiger charge is -2.27. The summed E-state index contributed by atoms with van der Waals surface area (Å²) in [4.78, 5) is 7.09. The predicted molar refractivity (Wildman–Crippen MR) is 88.1 cm³/mol. The molecule has 0 spiro atoms. The van der Waals surface area contributed by atoms with E-state index in [4.69, 9.17) is 4.98 Å². The number of benzene rings is 1.